The number of aryl methyl sites for hydroxylation is 2. The van der Waals surface area contributed by atoms with E-state index in [0.717, 1.165) is 16.9 Å². The minimum absolute atomic E-state index is 0.211. The molecule has 2 heterocycles. The number of carboxylic acid groups (broad SMARTS) is 1. The van der Waals surface area contributed by atoms with E-state index >= 15 is 0 Å². The smallest absolute Gasteiger partial charge is 0.335 e. The number of rotatable bonds is 4. The Morgan fingerprint density at radius 3 is 2.50 bits per heavy atom. The Balaban J connectivity index is 1.81. The first-order valence-electron chi connectivity index (χ1n) is 7.52. The summed E-state index contributed by atoms with van der Waals surface area (Å²) in [6.07, 6.45) is 0. The van der Waals surface area contributed by atoms with E-state index in [9.17, 15) is 9.59 Å². The topological polar surface area (TPSA) is 83.7 Å². The van der Waals surface area contributed by atoms with Gasteiger partial charge in [-0.3, -0.25) is 9.20 Å². The quantitative estimate of drug-likeness (QED) is 0.773. The van der Waals surface area contributed by atoms with Crippen LogP contribution in [0.2, 0.25) is 0 Å². The summed E-state index contributed by atoms with van der Waals surface area (Å²) < 4.78 is 1.83. The third-order valence-electron chi connectivity index (χ3n) is 3.88. The fraction of sp³-hybridized carbons (Fsp3) is 0.167. The molecule has 0 unspecified atom stereocenters. The minimum atomic E-state index is -0.970. The number of benzene rings is 1. The van der Waals surface area contributed by atoms with Gasteiger partial charge in [-0.25, -0.2) is 9.78 Å². The van der Waals surface area contributed by atoms with Gasteiger partial charge in [-0.1, -0.05) is 18.2 Å². The van der Waals surface area contributed by atoms with E-state index in [1.807, 2.05) is 36.4 Å². The molecule has 1 aromatic carbocycles. The minimum Gasteiger partial charge on any atom is -0.478 e. The van der Waals surface area contributed by atoms with Crippen LogP contribution in [0.5, 0.6) is 0 Å². The molecule has 0 aliphatic carbocycles. The van der Waals surface area contributed by atoms with E-state index in [4.69, 9.17) is 5.11 Å². The number of nitrogens with zero attached hydrogens (tertiary/aromatic N) is 2. The van der Waals surface area contributed by atoms with Gasteiger partial charge in [-0.2, -0.15) is 0 Å². The van der Waals surface area contributed by atoms with Crippen LogP contribution in [-0.4, -0.2) is 26.4 Å². The Kier molecular flexibility index (Phi) is 4.04. The Bertz CT molecular complexity index is 927. The van der Waals surface area contributed by atoms with Crippen molar-refractivity contribution in [2.45, 2.75) is 20.4 Å². The molecule has 2 aromatic heterocycles. The number of pyridine rings is 1. The lowest BCUT2D eigenvalue weighted by Gasteiger charge is -2.08. The maximum atomic E-state index is 12.6. The van der Waals surface area contributed by atoms with Crippen LogP contribution in [0.4, 0.5) is 0 Å². The molecule has 0 atom stereocenters. The van der Waals surface area contributed by atoms with Gasteiger partial charge in [0.2, 0.25) is 0 Å². The van der Waals surface area contributed by atoms with Gasteiger partial charge < -0.3 is 10.4 Å². The van der Waals surface area contributed by atoms with Gasteiger partial charge in [0.25, 0.3) is 5.91 Å². The van der Waals surface area contributed by atoms with E-state index in [2.05, 4.69) is 10.3 Å². The maximum Gasteiger partial charge on any atom is 0.335 e. The van der Waals surface area contributed by atoms with Gasteiger partial charge in [0.1, 0.15) is 11.3 Å². The Morgan fingerprint density at radius 2 is 1.83 bits per heavy atom. The summed E-state index contributed by atoms with van der Waals surface area (Å²) in [6.45, 7) is 4.05. The lowest BCUT2D eigenvalue weighted by Crippen LogP contribution is -2.25. The van der Waals surface area contributed by atoms with Gasteiger partial charge in [0.15, 0.2) is 0 Å². The van der Waals surface area contributed by atoms with Gasteiger partial charge in [-0.05, 0) is 43.7 Å². The molecule has 0 bridgehead atoms. The summed E-state index contributed by atoms with van der Waals surface area (Å²) >= 11 is 0. The van der Waals surface area contributed by atoms with Crippen LogP contribution in [0.25, 0.3) is 5.65 Å². The number of amides is 1. The highest BCUT2D eigenvalue weighted by atomic mass is 16.4. The fourth-order valence-corrected chi connectivity index (χ4v) is 2.67. The summed E-state index contributed by atoms with van der Waals surface area (Å²) in [5, 5.41) is 11.8. The molecule has 0 spiro atoms. The number of fused-ring (bicyclic) bond motifs is 1. The van der Waals surface area contributed by atoms with Crippen molar-refractivity contribution in [3.8, 4) is 0 Å². The zero-order valence-corrected chi connectivity index (χ0v) is 13.4. The lowest BCUT2D eigenvalue weighted by atomic mass is 10.1. The second kappa shape index (κ2) is 6.16. The van der Waals surface area contributed by atoms with Crippen molar-refractivity contribution in [1.29, 1.82) is 0 Å². The third kappa shape index (κ3) is 2.86. The summed E-state index contributed by atoms with van der Waals surface area (Å²) in [6, 6.07) is 12.1. The Hall–Kier alpha value is -3.15. The number of imidazole rings is 1. The first-order valence-corrected chi connectivity index (χ1v) is 7.52. The van der Waals surface area contributed by atoms with Gasteiger partial charge in [0.05, 0.1) is 11.3 Å². The van der Waals surface area contributed by atoms with E-state index in [0.29, 0.717) is 17.9 Å². The average Bonchev–Trinajstić information content (AvgIpc) is 2.90. The van der Waals surface area contributed by atoms with Crippen LogP contribution in [0.3, 0.4) is 0 Å². The maximum absolute atomic E-state index is 12.6. The summed E-state index contributed by atoms with van der Waals surface area (Å²) in [5.41, 5.74) is 3.91. The lowest BCUT2D eigenvalue weighted by molar-refractivity contribution is 0.0696. The monoisotopic (exact) mass is 323 g/mol. The first kappa shape index (κ1) is 15.7. The number of aromatic carboxylic acids is 1. The van der Waals surface area contributed by atoms with Crippen LogP contribution < -0.4 is 5.32 Å². The predicted molar refractivity (Wildman–Crippen MR) is 89.2 cm³/mol. The molecule has 0 saturated heterocycles. The molecule has 2 N–H and O–H groups in total. The molecule has 0 fully saturated rings. The van der Waals surface area contributed by atoms with E-state index in [-0.39, 0.29) is 11.5 Å². The second-order valence-electron chi connectivity index (χ2n) is 5.59. The van der Waals surface area contributed by atoms with Crippen molar-refractivity contribution in [3.63, 3.8) is 0 Å². The van der Waals surface area contributed by atoms with Crippen molar-refractivity contribution in [2.24, 2.45) is 0 Å². The molecule has 0 saturated carbocycles. The normalized spacial score (nSPS) is 10.8. The summed E-state index contributed by atoms with van der Waals surface area (Å²) in [4.78, 5) is 27.8. The van der Waals surface area contributed by atoms with E-state index < -0.39 is 5.97 Å². The zero-order valence-electron chi connectivity index (χ0n) is 13.4. The second-order valence-corrected chi connectivity index (χ2v) is 5.59. The molecule has 3 rings (SSSR count). The SMILES string of the molecule is Cc1nc2cccc(C)n2c1C(=O)NCc1ccc(C(=O)O)cc1. The van der Waals surface area contributed by atoms with Crippen molar-refractivity contribution >= 4 is 17.5 Å². The highest BCUT2D eigenvalue weighted by Gasteiger charge is 2.17. The predicted octanol–water partition coefficient (Wildman–Crippen LogP) is 2.58. The van der Waals surface area contributed by atoms with Crippen molar-refractivity contribution in [1.82, 2.24) is 14.7 Å². The molecule has 24 heavy (non-hydrogen) atoms. The number of hydrogen-bond acceptors (Lipinski definition) is 3. The molecule has 6 nitrogen and oxygen atoms in total. The fourth-order valence-electron chi connectivity index (χ4n) is 2.67. The summed E-state index contributed by atoms with van der Waals surface area (Å²) in [7, 11) is 0. The highest BCUT2D eigenvalue weighted by molar-refractivity contribution is 5.94. The Morgan fingerprint density at radius 1 is 1.12 bits per heavy atom. The van der Waals surface area contributed by atoms with Crippen molar-refractivity contribution in [2.75, 3.05) is 0 Å². The average molecular weight is 323 g/mol. The number of carbonyl (C=O) groups is 2. The number of carboxylic acids is 1. The van der Waals surface area contributed by atoms with E-state index in [1.165, 1.54) is 12.1 Å². The van der Waals surface area contributed by atoms with Crippen LogP contribution in [0.1, 0.15) is 37.8 Å². The standard InChI is InChI=1S/C18H17N3O3/c1-11-4-3-5-15-20-12(2)16(21(11)15)17(22)19-10-13-6-8-14(9-7-13)18(23)24/h3-9H,10H2,1-2H3,(H,19,22)(H,23,24). The van der Waals surface area contributed by atoms with Crippen LogP contribution in [0.15, 0.2) is 42.5 Å². The molecule has 0 aliphatic rings. The molecule has 1 amide bonds. The molecular formula is C18H17N3O3. The molecule has 0 radical (unpaired) electrons. The Labute approximate surface area is 138 Å². The molecule has 122 valence electrons. The van der Waals surface area contributed by atoms with E-state index in [1.54, 1.807) is 12.1 Å². The highest BCUT2D eigenvalue weighted by Crippen LogP contribution is 2.15. The van der Waals surface area contributed by atoms with Gasteiger partial charge in [-0.15, -0.1) is 0 Å². The summed E-state index contributed by atoms with van der Waals surface area (Å²) in [5.74, 6) is -1.18. The number of carbonyl (C=O) groups excluding carboxylic acids is 1. The number of nitrogens with one attached hydrogen (secondary N) is 1. The van der Waals surface area contributed by atoms with Gasteiger partial charge >= 0.3 is 5.97 Å². The van der Waals surface area contributed by atoms with Crippen LogP contribution >= 0.6 is 0 Å². The molecule has 3 aromatic rings. The van der Waals surface area contributed by atoms with Crippen LogP contribution in [-0.2, 0) is 6.54 Å². The van der Waals surface area contributed by atoms with Crippen molar-refractivity contribution < 1.29 is 14.7 Å². The molecule has 6 heteroatoms. The first-order chi connectivity index (χ1) is 11.5. The number of aromatic nitrogens is 2. The van der Waals surface area contributed by atoms with Crippen molar-refractivity contribution in [3.05, 3.63) is 70.7 Å². The molecular weight excluding hydrogens is 306 g/mol. The number of hydrogen-bond donors (Lipinski definition) is 2. The third-order valence-corrected chi connectivity index (χ3v) is 3.88. The largest absolute Gasteiger partial charge is 0.478 e. The molecule has 0 aliphatic heterocycles. The van der Waals surface area contributed by atoms with Crippen LogP contribution in [0, 0.1) is 13.8 Å². The zero-order chi connectivity index (χ0) is 17.3. The van der Waals surface area contributed by atoms with Gasteiger partial charge in [0, 0.05) is 12.2 Å².